The van der Waals surface area contributed by atoms with E-state index in [-0.39, 0.29) is 5.41 Å². The minimum absolute atomic E-state index is 0.179. The normalized spacial score (nSPS) is 12.0. The molecule has 1 heterocycles. The van der Waals surface area contributed by atoms with Gasteiger partial charge in [0.05, 0.1) is 11.2 Å². The van der Waals surface area contributed by atoms with E-state index in [0.717, 1.165) is 18.8 Å². The van der Waals surface area contributed by atoms with Crippen molar-refractivity contribution in [1.29, 1.82) is 0 Å². The maximum atomic E-state index is 5.65. The van der Waals surface area contributed by atoms with E-state index in [1.54, 1.807) is 11.3 Å². The van der Waals surface area contributed by atoms with Crippen molar-refractivity contribution in [2.75, 3.05) is 13.1 Å². The highest BCUT2D eigenvalue weighted by Crippen LogP contribution is 2.13. The molecule has 0 atom stereocenters. The van der Waals surface area contributed by atoms with E-state index >= 15 is 0 Å². The number of aromatic nitrogens is 1. The van der Waals surface area contributed by atoms with E-state index in [2.05, 4.69) is 24.1 Å². The number of nitrogens with two attached hydrogens (primary N) is 1. The van der Waals surface area contributed by atoms with Crippen molar-refractivity contribution in [3.63, 3.8) is 0 Å². The zero-order chi connectivity index (χ0) is 10.6. The lowest BCUT2D eigenvalue weighted by Gasteiger charge is -2.22. The number of rotatable bonds is 5. The lowest BCUT2D eigenvalue weighted by Crippen LogP contribution is -2.35. The number of hydrogen-bond acceptors (Lipinski definition) is 4. The van der Waals surface area contributed by atoms with Crippen LogP contribution in [0.25, 0.3) is 0 Å². The monoisotopic (exact) mass is 213 g/mol. The molecule has 0 saturated carbocycles. The molecule has 0 spiro atoms. The average molecular weight is 213 g/mol. The lowest BCUT2D eigenvalue weighted by molar-refractivity contribution is 0.352. The SMILES string of the molecule is Cc1ncsc1CNCC(C)(C)CN. The van der Waals surface area contributed by atoms with Crippen LogP contribution in [-0.2, 0) is 6.54 Å². The maximum Gasteiger partial charge on any atom is 0.0798 e. The first kappa shape index (κ1) is 11.6. The molecule has 14 heavy (non-hydrogen) atoms. The van der Waals surface area contributed by atoms with E-state index in [1.165, 1.54) is 4.88 Å². The summed E-state index contributed by atoms with van der Waals surface area (Å²) in [5, 5.41) is 3.41. The standard InChI is InChI=1S/C10H19N3S/c1-8-9(14-7-13-8)4-12-6-10(2,3)5-11/h7,12H,4-6,11H2,1-3H3. The van der Waals surface area contributed by atoms with Crippen molar-refractivity contribution in [3.05, 3.63) is 16.1 Å². The van der Waals surface area contributed by atoms with Crippen molar-refractivity contribution < 1.29 is 0 Å². The number of nitrogens with one attached hydrogen (secondary N) is 1. The Balaban J connectivity index is 2.32. The Morgan fingerprint density at radius 1 is 1.57 bits per heavy atom. The minimum atomic E-state index is 0.179. The molecule has 0 fully saturated rings. The third-order valence-corrected chi connectivity index (χ3v) is 3.22. The van der Waals surface area contributed by atoms with Gasteiger partial charge < -0.3 is 11.1 Å². The number of hydrogen-bond donors (Lipinski definition) is 2. The molecule has 0 amide bonds. The molecule has 1 rings (SSSR count). The first-order valence-electron chi connectivity index (χ1n) is 4.85. The second-order valence-electron chi connectivity index (χ2n) is 4.33. The van der Waals surface area contributed by atoms with Gasteiger partial charge in [-0.2, -0.15) is 0 Å². The van der Waals surface area contributed by atoms with Crippen LogP contribution in [0.15, 0.2) is 5.51 Å². The fourth-order valence-corrected chi connectivity index (χ4v) is 1.83. The Morgan fingerprint density at radius 3 is 2.79 bits per heavy atom. The molecule has 0 aliphatic heterocycles. The van der Waals surface area contributed by atoms with Gasteiger partial charge >= 0.3 is 0 Å². The molecular formula is C10H19N3S. The first-order valence-corrected chi connectivity index (χ1v) is 5.73. The molecule has 1 aromatic heterocycles. The lowest BCUT2D eigenvalue weighted by atomic mass is 9.94. The zero-order valence-corrected chi connectivity index (χ0v) is 9.95. The van der Waals surface area contributed by atoms with E-state index in [4.69, 9.17) is 5.73 Å². The Morgan fingerprint density at radius 2 is 2.29 bits per heavy atom. The van der Waals surface area contributed by atoms with Gasteiger partial charge in [0.2, 0.25) is 0 Å². The van der Waals surface area contributed by atoms with E-state index in [9.17, 15) is 0 Å². The molecule has 0 radical (unpaired) electrons. The predicted octanol–water partition coefficient (Wildman–Crippen LogP) is 1.53. The predicted molar refractivity (Wildman–Crippen MR) is 61.4 cm³/mol. The van der Waals surface area contributed by atoms with Gasteiger partial charge in [-0.25, -0.2) is 4.98 Å². The number of thiazole rings is 1. The fourth-order valence-electron chi connectivity index (χ4n) is 1.08. The summed E-state index contributed by atoms with van der Waals surface area (Å²) in [6.45, 7) is 8.93. The average Bonchev–Trinajstić information content (AvgIpc) is 2.52. The van der Waals surface area contributed by atoms with Gasteiger partial charge in [-0.1, -0.05) is 13.8 Å². The van der Waals surface area contributed by atoms with Crippen LogP contribution in [-0.4, -0.2) is 18.1 Å². The van der Waals surface area contributed by atoms with Crippen LogP contribution in [0.3, 0.4) is 0 Å². The highest BCUT2D eigenvalue weighted by molar-refractivity contribution is 7.09. The minimum Gasteiger partial charge on any atom is -0.330 e. The van der Waals surface area contributed by atoms with E-state index in [0.29, 0.717) is 6.54 Å². The molecule has 0 aliphatic carbocycles. The second-order valence-corrected chi connectivity index (χ2v) is 5.27. The number of nitrogens with zero attached hydrogens (tertiary/aromatic N) is 1. The van der Waals surface area contributed by atoms with Gasteiger partial charge in [0, 0.05) is 18.0 Å². The Hall–Kier alpha value is -0.450. The van der Waals surface area contributed by atoms with E-state index < -0.39 is 0 Å². The Kier molecular flexibility index (Phi) is 4.04. The molecule has 0 unspecified atom stereocenters. The summed E-state index contributed by atoms with van der Waals surface area (Å²) >= 11 is 1.70. The van der Waals surface area contributed by atoms with Crippen LogP contribution < -0.4 is 11.1 Å². The fraction of sp³-hybridized carbons (Fsp3) is 0.700. The molecular weight excluding hydrogens is 194 g/mol. The summed E-state index contributed by atoms with van der Waals surface area (Å²) in [5.41, 5.74) is 8.85. The van der Waals surface area contributed by atoms with Crippen molar-refractivity contribution >= 4 is 11.3 Å². The van der Waals surface area contributed by atoms with Crippen molar-refractivity contribution in [1.82, 2.24) is 10.3 Å². The van der Waals surface area contributed by atoms with Crippen molar-refractivity contribution in [3.8, 4) is 0 Å². The summed E-state index contributed by atoms with van der Waals surface area (Å²) in [6.07, 6.45) is 0. The topological polar surface area (TPSA) is 50.9 Å². The smallest absolute Gasteiger partial charge is 0.0798 e. The van der Waals surface area contributed by atoms with Gasteiger partial charge in [-0.3, -0.25) is 0 Å². The Bertz CT molecular complexity index is 281. The van der Waals surface area contributed by atoms with Crippen molar-refractivity contribution in [2.45, 2.75) is 27.3 Å². The second kappa shape index (κ2) is 4.87. The van der Waals surface area contributed by atoms with Crippen LogP contribution in [0.2, 0.25) is 0 Å². The molecule has 3 nitrogen and oxygen atoms in total. The van der Waals surface area contributed by atoms with E-state index in [1.807, 2.05) is 12.4 Å². The maximum absolute atomic E-state index is 5.65. The highest BCUT2D eigenvalue weighted by atomic mass is 32.1. The largest absolute Gasteiger partial charge is 0.330 e. The first-order chi connectivity index (χ1) is 6.55. The van der Waals surface area contributed by atoms with Gasteiger partial charge in [-0.05, 0) is 18.9 Å². The van der Waals surface area contributed by atoms with Crippen LogP contribution >= 0.6 is 11.3 Å². The third-order valence-electron chi connectivity index (χ3n) is 2.29. The zero-order valence-electron chi connectivity index (χ0n) is 9.13. The summed E-state index contributed by atoms with van der Waals surface area (Å²) in [5.74, 6) is 0. The quantitative estimate of drug-likeness (QED) is 0.780. The molecule has 80 valence electrons. The summed E-state index contributed by atoms with van der Waals surface area (Å²) in [7, 11) is 0. The van der Waals surface area contributed by atoms with Gasteiger partial charge in [0.25, 0.3) is 0 Å². The van der Waals surface area contributed by atoms with Gasteiger partial charge in [0.15, 0.2) is 0 Å². The van der Waals surface area contributed by atoms with Crippen LogP contribution in [0.4, 0.5) is 0 Å². The summed E-state index contributed by atoms with van der Waals surface area (Å²) < 4.78 is 0. The third kappa shape index (κ3) is 3.36. The summed E-state index contributed by atoms with van der Waals surface area (Å²) in [6, 6.07) is 0. The number of aryl methyl sites for hydroxylation is 1. The van der Waals surface area contributed by atoms with Gasteiger partial charge in [0.1, 0.15) is 0 Å². The summed E-state index contributed by atoms with van der Waals surface area (Å²) in [4.78, 5) is 5.52. The molecule has 0 bridgehead atoms. The van der Waals surface area contributed by atoms with Crippen LogP contribution in [0.5, 0.6) is 0 Å². The Labute approximate surface area is 89.7 Å². The highest BCUT2D eigenvalue weighted by Gasteiger charge is 2.14. The molecule has 4 heteroatoms. The van der Waals surface area contributed by atoms with Crippen molar-refractivity contribution in [2.24, 2.45) is 11.1 Å². The molecule has 0 aliphatic rings. The molecule has 3 N–H and O–H groups in total. The molecule has 0 aromatic carbocycles. The van der Waals surface area contributed by atoms with Gasteiger partial charge in [-0.15, -0.1) is 11.3 Å². The molecule has 1 aromatic rings. The molecule has 0 saturated heterocycles. The van der Waals surface area contributed by atoms with Crippen LogP contribution in [0, 0.1) is 12.3 Å². The van der Waals surface area contributed by atoms with Crippen LogP contribution in [0.1, 0.15) is 24.4 Å².